The maximum atomic E-state index is 13.7. The lowest BCUT2D eigenvalue weighted by Gasteiger charge is -2.24. The minimum atomic E-state index is -0.283. The Labute approximate surface area is 149 Å². The highest BCUT2D eigenvalue weighted by Crippen LogP contribution is 2.09. The fourth-order valence-corrected chi connectivity index (χ4v) is 2.63. The summed E-state index contributed by atoms with van der Waals surface area (Å²) in [6.07, 6.45) is 2.67. The molecular weight excluding hydrogens is 315 g/mol. The second-order valence-electron chi connectivity index (χ2n) is 6.10. The Balaban J connectivity index is 1.90. The first-order chi connectivity index (χ1) is 12.1. The van der Waals surface area contributed by atoms with E-state index in [4.69, 9.17) is 0 Å². The molecule has 132 valence electrons. The van der Waals surface area contributed by atoms with E-state index in [0.717, 1.165) is 13.0 Å². The molecule has 0 bridgehead atoms. The van der Waals surface area contributed by atoms with Gasteiger partial charge in [0.2, 0.25) is 5.91 Å². The lowest BCUT2D eigenvalue weighted by atomic mass is 10.1. The van der Waals surface area contributed by atoms with E-state index in [-0.39, 0.29) is 18.3 Å². The summed E-state index contributed by atoms with van der Waals surface area (Å²) in [5, 5.41) is 0. The Hall–Kier alpha value is -2.46. The van der Waals surface area contributed by atoms with Gasteiger partial charge in [0.1, 0.15) is 5.82 Å². The van der Waals surface area contributed by atoms with Crippen LogP contribution in [0.1, 0.15) is 11.1 Å². The number of hydrogen-bond acceptors (Lipinski definition) is 2. The van der Waals surface area contributed by atoms with Crippen LogP contribution in [0.15, 0.2) is 67.3 Å². The van der Waals surface area contributed by atoms with Crippen LogP contribution in [0.2, 0.25) is 0 Å². The van der Waals surface area contributed by atoms with Crippen molar-refractivity contribution in [2.24, 2.45) is 0 Å². The van der Waals surface area contributed by atoms with Crippen LogP contribution < -0.4 is 0 Å². The largest absolute Gasteiger partial charge is 0.340 e. The molecule has 0 heterocycles. The smallest absolute Gasteiger partial charge is 0.236 e. The molecule has 0 aliphatic carbocycles. The zero-order valence-electron chi connectivity index (χ0n) is 14.7. The maximum absolute atomic E-state index is 13.7. The third kappa shape index (κ3) is 6.16. The maximum Gasteiger partial charge on any atom is 0.236 e. The number of benzene rings is 2. The van der Waals surface area contributed by atoms with Gasteiger partial charge in [-0.1, -0.05) is 54.6 Å². The van der Waals surface area contributed by atoms with Crippen molar-refractivity contribution in [3.63, 3.8) is 0 Å². The van der Waals surface area contributed by atoms with Crippen molar-refractivity contribution in [2.75, 3.05) is 26.7 Å². The Bertz CT molecular complexity index is 687. The van der Waals surface area contributed by atoms with Gasteiger partial charge < -0.3 is 4.90 Å². The van der Waals surface area contributed by atoms with Crippen molar-refractivity contribution in [3.8, 4) is 0 Å². The molecule has 0 aromatic heterocycles. The molecule has 3 nitrogen and oxygen atoms in total. The SMILES string of the molecule is C=CCN(CCc1ccccc1)CC(=O)N(C)Cc1ccccc1F. The van der Waals surface area contributed by atoms with E-state index in [0.29, 0.717) is 18.7 Å². The minimum Gasteiger partial charge on any atom is -0.340 e. The molecule has 0 saturated carbocycles. The zero-order chi connectivity index (χ0) is 18.1. The Morgan fingerprint density at radius 2 is 1.80 bits per heavy atom. The fraction of sp³-hybridized carbons (Fsp3) is 0.286. The first kappa shape index (κ1) is 18.9. The summed E-state index contributed by atoms with van der Waals surface area (Å²) in [7, 11) is 1.71. The number of likely N-dealkylation sites (N-methyl/N-ethyl adjacent to an activating group) is 1. The van der Waals surface area contributed by atoms with Crippen LogP contribution in [-0.4, -0.2) is 42.4 Å². The molecule has 0 atom stereocenters. The van der Waals surface area contributed by atoms with Gasteiger partial charge in [-0.15, -0.1) is 6.58 Å². The summed E-state index contributed by atoms with van der Waals surface area (Å²) >= 11 is 0. The van der Waals surface area contributed by atoms with Gasteiger partial charge in [-0.3, -0.25) is 9.69 Å². The summed E-state index contributed by atoms with van der Waals surface area (Å²) in [6.45, 7) is 5.75. The van der Waals surface area contributed by atoms with Crippen molar-refractivity contribution in [3.05, 3.63) is 84.2 Å². The highest BCUT2D eigenvalue weighted by molar-refractivity contribution is 5.78. The van der Waals surface area contributed by atoms with Crippen LogP contribution >= 0.6 is 0 Å². The van der Waals surface area contributed by atoms with Crippen LogP contribution in [0.25, 0.3) is 0 Å². The molecule has 0 N–H and O–H groups in total. The van der Waals surface area contributed by atoms with Gasteiger partial charge in [-0.25, -0.2) is 4.39 Å². The molecule has 0 spiro atoms. The summed E-state index contributed by atoms with van der Waals surface area (Å²) < 4.78 is 13.7. The summed E-state index contributed by atoms with van der Waals surface area (Å²) in [6, 6.07) is 16.7. The second-order valence-corrected chi connectivity index (χ2v) is 6.10. The third-order valence-electron chi connectivity index (χ3n) is 4.10. The minimum absolute atomic E-state index is 0.0295. The molecule has 4 heteroatoms. The van der Waals surface area contributed by atoms with Crippen molar-refractivity contribution < 1.29 is 9.18 Å². The van der Waals surface area contributed by atoms with Crippen LogP contribution in [-0.2, 0) is 17.8 Å². The summed E-state index contributed by atoms with van der Waals surface area (Å²) in [4.78, 5) is 16.1. The number of halogens is 1. The summed E-state index contributed by atoms with van der Waals surface area (Å²) in [5.74, 6) is -0.313. The Morgan fingerprint density at radius 3 is 2.48 bits per heavy atom. The lowest BCUT2D eigenvalue weighted by Crippen LogP contribution is -2.39. The number of rotatable bonds is 9. The van der Waals surface area contributed by atoms with Gasteiger partial charge in [0.25, 0.3) is 0 Å². The monoisotopic (exact) mass is 340 g/mol. The van der Waals surface area contributed by atoms with Gasteiger partial charge in [-0.2, -0.15) is 0 Å². The number of amides is 1. The van der Waals surface area contributed by atoms with Crippen molar-refractivity contribution in [1.29, 1.82) is 0 Å². The average Bonchev–Trinajstić information content (AvgIpc) is 2.62. The Morgan fingerprint density at radius 1 is 1.12 bits per heavy atom. The third-order valence-corrected chi connectivity index (χ3v) is 4.10. The van der Waals surface area contributed by atoms with Gasteiger partial charge in [-0.05, 0) is 18.1 Å². The Kier molecular flexibility index (Phi) is 7.36. The summed E-state index contributed by atoms with van der Waals surface area (Å²) in [5.41, 5.74) is 1.77. The molecule has 0 radical (unpaired) electrons. The van der Waals surface area contributed by atoms with Gasteiger partial charge >= 0.3 is 0 Å². The van der Waals surface area contributed by atoms with Crippen LogP contribution in [0.4, 0.5) is 4.39 Å². The van der Waals surface area contributed by atoms with E-state index in [2.05, 4.69) is 23.6 Å². The number of hydrogen-bond donors (Lipinski definition) is 0. The van der Waals surface area contributed by atoms with Crippen LogP contribution in [0.3, 0.4) is 0 Å². The predicted octanol–water partition coefficient (Wildman–Crippen LogP) is 3.51. The van der Waals surface area contributed by atoms with Crippen molar-refractivity contribution in [1.82, 2.24) is 9.80 Å². The zero-order valence-corrected chi connectivity index (χ0v) is 14.7. The van der Waals surface area contributed by atoms with Gasteiger partial charge in [0.15, 0.2) is 0 Å². The number of carbonyl (C=O) groups is 1. The molecule has 2 rings (SSSR count). The molecule has 0 aliphatic heterocycles. The van der Waals surface area contributed by atoms with Crippen LogP contribution in [0, 0.1) is 5.82 Å². The van der Waals surface area contributed by atoms with E-state index < -0.39 is 0 Å². The standard InChI is InChI=1S/C21H25FN2O/c1-3-14-24(15-13-18-9-5-4-6-10-18)17-21(25)23(2)16-19-11-7-8-12-20(19)22/h3-12H,1,13-17H2,2H3. The second kappa shape index (κ2) is 9.74. The normalized spacial score (nSPS) is 10.7. The average molecular weight is 340 g/mol. The van der Waals surface area contributed by atoms with E-state index >= 15 is 0 Å². The molecule has 0 saturated heterocycles. The molecule has 2 aromatic rings. The molecular formula is C21H25FN2O. The quantitative estimate of drug-likeness (QED) is 0.652. The molecule has 25 heavy (non-hydrogen) atoms. The van der Waals surface area contributed by atoms with E-state index in [1.807, 2.05) is 18.2 Å². The van der Waals surface area contributed by atoms with E-state index in [1.54, 1.807) is 36.2 Å². The molecule has 0 fully saturated rings. The lowest BCUT2D eigenvalue weighted by molar-refractivity contribution is -0.131. The molecule has 1 amide bonds. The number of carbonyl (C=O) groups excluding carboxylic acids is 1. The van der Waals surface area contributed by atoms with Crippen molar-refractivity contribution in [2.45, 2.75) is 13.0 Å². The topological polar surface area (TPSA) is 23.6 Å². The number of nitrogens with zero attached hydrogens (tertiary/aromatic N) is 2. The van der Waals surface area contributed by atoms with Crippen molar-refractivity contribution >= 4 is 5.91 Å². The van der Waals surface area contributed by atoms with Gasteiger partial charge in [0, 0.05) is 32.2 Å². The van der Waals surface area contributed by atoms with Gasteiger partial charge in [0.05, 0.1) is 6.54 Å². The highest BCUT2D eigenvalue weighted by atomic mass is 19.1. The molecule has 0 aliphatic rings. The predicted molar refractivity (Wildman–Crippen MR) is 99.7 cm³/mol. The fourth-order valence-electron chi connectivity index (χ4n) is 2.63. The highest BCUT2D eigenvalue weighted by Gasteiger charge is 2.15. The van der Waals surface area contributed by atoms with E-state index in [9.17, 15) is 9.18 Å². The molecule has 2 aromatic carbocycles. The molecule has 0 unspecified atom stereocenters. The van der Waals surface area contributed by atoms with E-state index in [1.165, 1.54) is 11.6 Å². The first-order valence-electron chi connectivity index (χ1n) is 8.44. The van der Waals surface area contributed by atoms with Crippen LogP contribution in [0.5, 0.6) is 0 Å². The first-order valence-corrected chi connectivity index (χ1v) is 8.44.